The lowest BCUT2D eigenvalue weighted by atomic mass is 10.1. The van der Waals surface area contributed by atoms with E-state index in [0.29, 0.717) is 18.2 Å². The van der Waals surface area contributed by atoms with Gasteiger partial charge in [-0.15, -0.1) is 11.3 Å². The number of rotatable bonds is 7. The number of amides is 1. The van der Waals surface area contributed by atoms with Crippen molar-refractivity contribution in [1.29, 1.82) is 0 Å². The fourth-order valence-electron chi connectivity index (χ4n) is 3.57. The fourth-order valence-corrected chi connectivity index (χ4v) is 4.54. The minimum absolute atomic E-state index is 0.00199. The number of morpholine rings is 1. The van der Waals surface area contributed by atoms with Gasteiger partial charge in [-0.25, -0.2) is 4.98 Å². The molecule has 4 rings (SSSR count). The van der Waals surface area contributed by atoms with Crippen molar-refractivity contribution in [3.63, 3.8) is 0 Å². The van der Waals surface area contributed by atoms with E-state index in [1.807, 2.05) is 11.4 Å². The molecule has 1 aliphatic carbocycles. The van der Waals surface area contributed by atoms with Crippen LogP contribution in [0.25, 0.3) is 0 Å². The summed E-state index contributed by atoms with van der Waals surface area (Å²) in [6.45, 7) is 5.47. The zero-order valence-electron chi connectivity index (χ0n) is 15.8. The number of aromatic nitrogens is 1. The summed E-state index contributed by atoms with van der Waals surface area (Å²) in [4.78, 5) is 19.6. The van der Waals surface area contributed by atoms with Crippen LogP contribution in [0.3, 0.4) is 0 Å². The maximum atomic E-state index is 12.6. The first-order chi connectivity index (χ1) is 13.2. The summed E-state index contributed by atoms with van der Waals surface area (Å²) < 4.78 is 6.01. The van der Waals surface area contributed by atoms with Crippen molar-refractivity contribution in [2.75, 3.05) is 19.7 Å². The number of benzene rings is 1. The van der Waals surface area contributed by atoms with Gasteiger partial charge < -0.3 is 10.1 Å². The van der Waals surface area contributed by atoms with E-state index in [1.54, 1.807) is 11.3 Å². The predicted octanol–water partition coefficient (Wildman–Crippen LogP) is 3.43. The first-order valence-electron chi connectivity index (χ1n) is 9.87. The molecule has 0 radical (unpaired) electrons. The fraction of sp³-hybridized carbons (Fsp3) is 0.524. The molecule has 2 atom stereocenters. The number of carbonyl (C=O) groups excluding carboxylic acids is 1. The largest absolute Gasteiger partial charge is 0.373 e. The van der Waals surface area contributed by atoms with E-state index in [9.17, 15) is 4.79 Å². The SMILES string of the molecule is CC[C@@H](NC(=O)c1csc(C2CC2)n1)[C@H]1CN(Cc2ccccc2)CCO1. The molecule has 2 aliphatic rings. The van der Waals surface area contributed by atoms with Gasteiger partial charge in [0.2, 0.25) is 0 Å². The van der Waals surface area contributed by atoms with Gasteiger partial charge in [0.15, 0.2) is 0 Å². The van der Waals surface area contributed by atoms with Crippen LogP contribution in [0.5, 0.6) is 0 Å². The highest BCUT2D eigenvalue weighted by molar-refractivity contribution is 7.10. The van der Waals surface area contributed by atoms with Crippen molar-refractivity contribution in [2.24, 2.45) is 0 Å². The standard InChI is InChI=1S/C21H27N3O2S/c1-2-17(22-20(25)18-14-27-21(23-18)16-8-9-16)19-13-24(10-11-26-19)12-15-6-4-3-5-7-15/h3-7,14,16-17,19H,2,8-13H2,1H3,(H,22,25)/t17-,19-/m1/s1. The van der Waals surface area contributed by atoms with Crippen LogP contribution in [0.2, 0.25) is 0 Å². The lowest BCUT2D eigenvalue weighted by molar-refractivity contribution is -0.0483. The number of nitrogens with zero attached hydrogens (tertiary/aromatic N) is 2. The first kappa shape index (κ1) is 18.6. The van der Waals surface area contributed by atoms with Gasteiger partial charge in [-0.05, 0) is 24.8 Å². The molecule has 1 amide bonds. The van der Waals surface area contributed by atoms with Crippen LogP contribution >= 0.6 is 11.3 Å². The van der Waals surface area contributed by atoms with E-state index >= 15 is 0 Å². The monoisotopic (exact) mass is 385 g/mol. The second-order valence-electron chi connectivity index (χ2n) is 7.46. The van der Waals surface area contributed by atoms with Gasteiger partial charge in [0.25, 0.3) is 5.91 Å². The normalized spacial score (nSPS) is 21.7. The number of thiazole rings is 1. The van der Waals surface area contributed by atoms with Crippen molar-refractivity contribution in [1.82, 2.24) is 15.2 Å². The van der Waals surface area contributed by atoms with E-state index < -0.39 is 0 Å². The third kappa shape index (κ3) is 4.75. The average molecular weight is 386 g/mol. The second-order valence-corrected chi connectivity index (χ2v) is 8.35. The van der Waals surface area contributed by atoms with Gasteiger partial charge in [0, 0.05) is 30.9 Å². The minimum atomic E-state index is -0.0752. The number of nitrogens with one attached hydrogen (secondary N) is 1. The quantitative estimate of drug-likeness (QED) is 0.793. The van der Waals surface area contributed by atoms with Crippen molar-refractivity contribution >= 4 is 17.2 Å². The Bertz CT molecular complexity index is 760. The lowest BCUT2D eigenvalue weighted by Crippen LogP contribution is -2.53. The summed E-state index contributed by atoms with van der Waals surface area (Å²) >= 11 is 1.61. The highest BCUT2D eigenvalue weighted by Crippen LogP contribution is 2.41. The summed E-state index contributed by atoms with van der Waals surface area (Å²) in [6.07, 6.45) is 3.27. The molecule has 1 N–H and O–H groups in total. The highest BCUT2D eigenvalue weighted by atomic mass is 32.1. The molecule has 1 aromatic carbocycles. The molecule has 1 saturated heterocycles. The van der Waals surface area contributed by atoms with Crippen LogP contribution in [0.15, 0.2) is 35.7 Å². The smallest absolute Gasteiger partial charge is 0.271 e. The van der Waals surface area contributed by atoms with Gasteiger partial charge in [0.1, 0.15) is 5.69 Å². The van der Waals surface area contributed by atoms with Gasteiger partial charge in [-0.1, -0.05) is 37.3 Å². The molecule has 1 aromatic heterocycles. The van der Waals surface area contributed by atoms with E-state index in [-0.39, 0.29) is 18.1 Å². The maximum Gasteiger partial charge on any atom is 0.271 e. The van der Waals surface area contributed by atoms with Crippen LogP contribution in [-0.2, 0) is 11.3 Å². The molecule has 6 heteroatoms. The number of hydrogen-bond donors (Lipinski definition) is 1. The van der Waals surface area contributed by atoms with Crippen molar-refractivity contribution in [3.8, 4) is 0 Å². The van der Waals surface area contributed by atoms with Crippen molar-refractivity contribution in [3.05, 3.63) is 52.0 Å². The molecule has 0 unspecified atom stereocenters. The summed E-state index contributed by atoms with van der Waals surface area (Å²) in [6, 6.07) is 10.5. The Morgan fingerprint density at radius 3 is 2.93 bits per heavy atom. The molecule has 1 saturated carbocycles. The Kier molecular flexibility index (Phi) is 5.86. The third-order valence-corrected chi connectivity index (χ3v) is 6.32. The second kappa shape index (κ2) is 8.50. The Balaban J connectivity index is 1.35. The summed E-state index contributed by atoms with van der Waals surface area (Å²) in [5, 5.41) is 6.16. The Morgan fingerprint density at radius 2 is 2.19 bits per heavy atom. The minimum Gasteiger partial charge on any atom is -0.373 e. The highest BCUT2D eigenvalue weighted by Gasteiger charge is 2.30. The van der Waals surface area contributed by atoms with Crippen LogP contribution < -0.4 is 5.32 Å². The zero-order valence-corrected chi connectivity index (χ0v) is 16.6. The topological polar surface area (TPSA) is 54.5 Å². The third-order valence-electron chi connectivity index (χ3n) is 5.31. The molecule has 2 heterocycles. The average Bonchev–Trinajstić information content (AvgIpc) is 3.43. The lowest BCUT2D eigenvalue weighted by Gasteiger charge is -2.37. The van der Waals surface area contributed by atoms with E-state index in [2.05, 4.69) is 46.4 Å². The van der Waals surface area contributed by atoms with Gasteiger partial charge in [-0.3, -0.25) is 9.69 Å². The van der Waals surface area contributed by atoms with Crippen molar-refractivity contribution in [2.45, 2.75) is 50.8 Å². The first-order valence-corrected chi connectivity index (χ1v) is 10.7. The molecule has 2 aromatic rings. The molecule has 27 heavy (non-hydrogen) atoms. The molecule has 2 fully saturated rings. The van der Waals surface area contributed by atoms with Crippen LogP contribution in [-0.4, -0.2) is 47.6 Å². The molecule has 0 bridgehead atoms. The Morgan fingerprint density at radius 1 is 1.37 bits per heavy atom. The summed E-state index contributed by atoms with van der Waals surface area (Å²) in [7, 11) is 0. The van der Waals surface area contributed by atoms with Crippen LogP contribution in [0, 0.1) is 0 Å². The number of hydrogen-bond acceptors (Lipinski definition) is 5. The van der Waals surface area contributed by atoms with E-state index in [1.165, 1.54) is 18.4 Å². The van der Waals surface area contributed by atoms with E-state index in [0.717, 1.165) is 31.1 Å². The molecule has 0 spiro atoms. The molecule has 1 aliphatic heterocycles. The Hall–Kier alpha value is -1.76. The predicted molar refractivity (Wildman–Crippen MR) is 107 cm³/mol. The van der Waals surface area contributed by atoms with Gasteiger partial charge >= 0.3 is 0 Å². The Labute approximate surface area is 164 Å². The van der Waals surface area contributed by atoms with E-state index in [4.69, 9.17) is 4.74 Å². The summed E-state index contributed by atoms with van der Waals surface area (Å²) in [5.41, 5.74) is 1.86. The van der Waals surface area contributed by atoms with Crippen LogP contribution in [0.1, 0.15) is 53.2 Å². The van der Waals surface area contributed by atoms with Crippen LogP contribution in [0.4, 0.5) is 0 Å². The molecular formula is C21H27N3O2S. The van der Waals surface area contributed by atoms with Crippen molar-refractivity contribution < 1.29 is 9.53 Å². The summed E-state index contributed by atoms with van der Waals surface area (Å²) in [5.74, 6) is 0.514. The number of carbonyl (C=O) groups is 1. The maximum absolute atomic E-state index is 12.6. The number of ether oxygens (including phenoxy) is 1. The van der Waals surface area contributed by atoms with Gasteiger partial charge in [-0.2, -0.15) is 0 Å². The van der Waals surface area contributed by atoms with Gasteiger partial charge in [0.05, 0.1) is 23.8 Å². The zero-order chi connectivity index (χ0) is 18.6. The molecular weight excluding hydrogens is 358 g/mol. The molecule has 144 valence electrons. The molecule has 5 nitrogen and oxygen atoms in total.